The molecule has 2 heterocycles. The average molecular weight is 398 g/mol. The van der Waals surface area contributed by atoms with Crippen molar-refractivity contribution in [3.05, 3.63) is 68.8 Å². The summed E-state index contributed by atoms with van der Waals surface area (Å²) in [5, 5.41) is 9.24. The van der Waals surface area contributed by atoms with Crippen LogP contribution in [-0.2, 0) is 19.6 Å². The van der Waals surface area contributed by atoms with Gasteiger partial charge in [-0.25, -0.2) is 13.6 Å². The third-order valence-corrected chi connectivity index (χ3v) is 5.49. The number of fused-ring (bicyclic) bond motifs is 2. The van der Waals surface area contributed by atoms with Gasteiger partial charge in [0.25, 0.3) is 0 Å². The molecule has 0 saturated carbocycles. The molecule has 29 heavy (non-hydrogen) atoms. The zero-order valence-corrected chi connectivity index (χ0v) is 16.1. The minimum atomic E-state index is -1.42. The summed E-state index contributed by atoms with van der Waals surface area (Å²) in [4.78, 5) is 26.2. The van der Waals surface area contributed by atoms with Gasteiger partial charge in [-0.1, -0.05) is 12.1 Å². The van der Waals surface area contributed by atoms with E-state index in [0.29, 0.717) is 22.2 Å². The zero-order chi connectivity index (χ0) is 20.9. The molecule has 150 valence electrons. The van der Waals surface area contributed by atoms with E-state index in [1.807, 2.05) is 25.2 Å². The Hall–Kier alpha value is -3.06. The first kappa shape index (κ1) is 19.3. The molecular formula is C22H20F2N2O3. The molecule has 0 unspecified atom stereocenters. The quantitative estimate of drug-likeness (QED) is 0.728. The van der Waals surface area contributed by atoms with Crippen LogP contribution in [0.4, 0.5) is 8.78 Å². The molecule has 0 atom stereocenters. The van der Waals surface area contributed by atoms with Crippen molar-refractivity contribution < 1.29 is 18.7 Å². The lowest BCUT2D eigenvalue weighted by molar-refractivity contribution is 0.0694. The Morgan fingerprint density at radius 3 is 2.62 bits per heavy atom. The molecule has 1 N–H and O–H groups in total. The van der Waals surface area contributed by atoms with Crippen LogP contribution in [0.2, 0.25) is 0 Å². The maximum atomic E-state index is 15.1. The monoisotopic (exact) mass is 398 g/mol. The second-order valence-electron chi connectivity index (χ2n) is 7.47. The van der Waals surface area contributed by atoms with Crippen LogP contribution in [0.5, 0.6) is 0 Å². The van der Waals surface area contributed by atoms with Crippen molar-refractivity contribution in [3.8, 4) is 11.1 Å². The summed E-state index contributed by atoms with van der Waals surface area (Å²) in [5.41, 5.74) is 2.88. The van der Waals surface area contributed by atoms with E-state index >= 15 is 4.39 Å². The van der Waals surface area contributed by atoms with E-state index in [0.717, 1.165) is 30.9 Å². The van der Waals surface area contributed by atoms with Crippen LogP contribution in [0.1, 0.15) is 27.0 Å². The highest BCUT2D eigenvalue weighted by Crippen LogP contribution is 2.34. The lowest BCUT2D eigenvalue weighted by Crippen LogP contribution is -2.20. The number of aromatic carboxylic acids is 1. The van der Waals surface area contributed by atoms with E-state index in [2.05, 4.69) is 4.90 Å². The number of rotatable bonds is 4. The van der Waals surface area contributed by atoms with E-state index < -0.39 is 29.5 Å². The van der Waals surface area contributed by atoms with Crippen LogP contribution >= 0.6 is 0 Å². The van der Waals surface area contributed by atoms with Crippen LogP contribution in [0.3, 0.4) is 0 Å². The largest absolute Gasteiger partial charge is 0.477 e. The lowest BCUT2D eigenvalue weighted by Gasteiger charge is -2.17. The number of hydrogen-bond donors (Lipinski definition) is 1. The molecule has 4 rings (SSSR count). The Balaban J connectivity index is 2.02. The third kappa shape index (κ3) is 3.11. The minimum Gasteiger partial charge on any atom is -0.477 e. The second kappa shape index (κ2) is 7.08. The summed E-state index contributed by atoms with van der Waals surface area (Å²) in [6.45, 7) is 2.41. The smallest absolute Gasteiger partial charge is 0.341 e. The van der Waals surface area contributed by atoms with Gasteiger partial charge in [0.1, 0.15) is 18.1 Å². The second-order valence-corrected chi connectivity index (χ2v) is 7.47. The fraction of sp³-hybridized carbons (Fsp3) is 0.273. The van der Waals surface area contributed by atoms with Gasteiger partial charge in [0.15, 0.2) is 0 Å². The molecule has 1 aliphatic heterocycles. The first-order chi connectivity index (χ1) is 13.8. The number of aryl methyl sites for hydroxylation is 2. The van der Waals surface area contributed by atoms with E-state index in [9.17, 15) is 19.1 Å². The third-order valence-electron chi connectivity index (χ3n) is 5.49. The molecule has 7 heteroatoms. The van der Waals surface area contributed by atoms with Crippen molar-refractivity contribution in [2.75, 3.05) is 13.7 Å². The van der Waals surface area contributed by atoms with Gasteiger partial charge < -0.3 is 9.67 Å². The zero-order valence-electron chi connectivity index (χ0n) is 16.1. The molecule has 0 radical (unpaired) electrons. The highest BCUT2D eigenvalue weighted by Gasteiger charge is 2.22. The highest BCUT2D eigenvalue weighted by molar-refractivity contribution is 5.95. The topological polar surface area (TPSA) is 62.5 Å². The molecule has 0 amide bonds. The van der Waals surface area contributed by atoms with E-state index in [-0.39, 0.29) is 11.9 Å². The van der Waals surface area contributed by atoms with Crippen LogP contribution < -0.4 is 5.43 Å². The Labute approximate surface area is 165 Å². The molecule has 0 spiro atoms. The Morgan fingerprint density at radius 1 is 1.21 bits per heavy atom. The van der Waals surface area contributed by atoms with Crippen molar-refractivity contribution in [1.82, 2.24) is 9.47 Å². The van der Waals surface area contributed by atoms with Gasteiger partial charge >= 0.3 is 5.97 Å². The van der Waals surface area contributed by atoms with E-state index in [4.69, 9.17) is 0 Å². The van der Waals surface area contributed by atoms with Gasteiger partial charge in [0.05, 0.1) is 12.1 Å². The van der Waals surface area contributed by atoms with Gasteiger partial charge in [-0.05, 0) is 48.4 Å². The highest BCUT2D eigenvalue weighted by atomic mass is 19.1. The Bertz CT molecular complexity index is 1220. The van der Waals surface area contributed by atoms with Crippen molar-refractivity contribution >= 4 is 16.9 Å². The Morgan fingerprint density at radius 2 is 1.93 bits per heavy atom. The molecule has 1 aliphatic rings. The number of alkyl halides is 1. The van der Waals surface area contributed by atoms with Crippen molar-refractivity contribution in [2.45, 2.75) is 26.6 Å². The number of carboxylic acids is 1. The van der Waals surface area contributed by atoms with Gasteiger partial charge in [0.2, 0.25) is 5.43 Å². The predicted molar refractivity (Wildman–Crippen MR) is 106 cm³/mol. The van der Waals surface area contributed by atoms with Crippen molar-refractivity contribution in [1.29, 1.82) is 0 Å². The standard InChI is InChI=1S/C22H20F2N2O3/c1-12-19(13-3-4-14-9-25(2)10-15(14)7-13)18(24)8-16-20(12)26(6-5-23)11-17(21(16)27)22(28)29/h3-4,7-8,11H,5-6,9-10H2,1-2H3,(H,28,29). The van der Waals surface area contributed by atoms with Crippen molar-refractivity contribution in [3.63, 3.8) is 0 Å². The van der Waals surface area contributed by atoms with Gasteiger partial charge in [0, 0.05) is 30.2 Å². The lowest BCUT2D eigenvalue weighted by atomic mass is 9.94. The molecule has 2 aromatic carbocycles. The number of carboxylic acid groups (broad SMARTS) is 1. The van der Waals surface area contributed by atoms with Gasteiger partial charge in [-0.3, -0.25) is 9.69 Å². The number of benzene rings is 2. The fourth-order valence-electron chi connectivity index (χ4n) is 4.23. The van der Waals surface area contributed by atoms with Crippen LogP contribution in [0.15, 0.2) is 35.3 Å². The SMILES string of the molecule is Cc1c(-c2ccc3c(c2)CN(C)C3)c(F)cc2c(=O)c(C(=O)O)cn(CCF)c12. The maximum absolute atomic E-state index is 15.1. The molecule has 0 bridgehead atoms. The molecular weight excluding hydrogens is 378 g/mol. The average Bonchev–Trinajstić information content (AvgIpc) is 3.03. The molecule has 0 aliphatic carbocycles. The van der Waals surface area contributed by atoms with Gasteiger partial charge in [-0.2, -0.15) is 0 Å². The van der Waals surface area contributed by atoms with E-state index in [1.54, 1.807) is 6.92 Å². The number of hydrogen-bond acceptors (Lipinski definition) is 3. The van der Waals surface area contributed by atoms with Gasteiger partial charge in [-0.15, -0.1) is 0 Å². The molecule has 1 aromatic heterocycles. The maximum Gasteiger partial charge on any atom is 0.341 e. The number of aromatic nitrogens is 1. The summed E-state index contributed by atoms with van der Waals surface area (Å²) >= 11 is 0. The summed E-state index contributed by atoms with van der Waals surface area (Å²) in [6, 6.07) is 6.83. The summed E-state index contributed by atoms with van der Waals surface area (Å²) < 4.78 is 29.7. The number of carbonyl (C=O) groups is 1. The normalized spacial score (nSPS) is 13.8. The summed E-state index contributed by atoms with van der Waals surface area (Å²) in [6.07, 6.45) is 1.14. The first-order valence-electron chi connectivity index (χ1n) is 9.28. The first-order valence-corrected chi connectivity index (χ1v) is 9.28. The number of halogens is 2. The molecule has 3 aromatic rings. The number of nitrogens with zero attached hydrogens (tertiary/aromatic N) is 2. The summed E-state index contributed by atoms with van der Waals surface area (Å²) in [5.74, 6) is -2.03. The van der Waals surface area contributed by atoms with Crippen LogP contribution in [0.25, 0.3) is 22.0 Å². The summed E-state index contributed by atoms with van der Waals surface area (Å²) in [7, 11) is 2.01. The molecule has 5 nitrogen and oxygen atoms in total. The number of pyridine rings is 1. The fourth-order valence-corrected chi connectivity index (χ4v) is 4.23. The Kier molecular flexibility index (Phi) is 4.70. The van der Waals surface area contributed by atoms with Crippen LogP contribution in [-0.4, -0.2) is 34.3 Å². The molecule has 0 fully saturated rings. The minimum absolute atomic E-state index is 0.0574. The van der Waals surface area contributed by atoms with Crippen molar-refractivity contribution in [2.24, 2.45) is 0 Å². The van der Waals surface area contributed by atoms with Crippen LogP contribution in [0, 0.1) is 12.7 Å². The molecule has 0 saturated heterocycles. The van der Waals surface area contributed by atoms with E-state index in [1.165, 1.54) is 10.1 Å². The predicted octanol–water partition coefficient (Wildman–Crippen LogP) is 3.73.